The number of rotatable bonds is 3. The van der Waals surface area contributed by atoms with E-state index in [-0.39, 0.29) is 11.5 Å². The van der Waals surface area contributed by atoms with Crippen LogP contribution in [0.5, 0.6) is 11.5 Å². The molecule has 0 amide bonds. The summed E-state index contributed by atoms with van der Waals surface area (Å²) in [6, 6.07) is 18.3. The number of aryl methyl sites for hydroxylation is 1. The topological polar surface area (TPSA) is 66.8 Å². The zero-order valence-electron chi connectivity index (χ0n) is 15.7. The summed E-state index contributed by atoms with van der Waals surface area (Å²) in [6.45, 7) is 2.04. The molecular formula is C24H20O4. The molecular weight excluding hydrogens is 352 g/mol. The van der Waals surface area contributed by atoms with Gasteiger partial charge in [-0.3, -0.25) is 0 Å². The van der Waals surface area contributed by atoms with Crippen molar-refractivity contribution < 1.29 is 19.7 Å². The zero-order valence-corrected chi connectivity index (χ0v) is 15.7. The van der Waals surface area contributed by atoms with Gasteiger partial charge in [0.2, 0.25) is 0 Å². The Hall–Kier alpha value is -3.53. The van der Waals surface area contributed by atoms with Crippen molar-refractivity contribution in [3.8, 4) is 22.6 Å². The van der Waals surface area contributed by atoms with Gasteiger partial charge in [0, 0.05) is 11.1 Å². The number of phenolic OH excluding ortho intramolecular Hbond substituents is 2. The lowest BCUT2D eigenvalue weighted by Crippen LogP contribution is -2.03. The van der Waals surface area contributed by atoms with Crippen LogP contribution in [0.1, 0.15) is 22.8 Å². The normalized spacial score (nSPS) is 11.1. The largest absolute Gasteiger partial charge is 0.507 e. The summed E-state index contributed by atoms with van der Waals surface area (Å²) in [5.41, 5.74) is 2.41. The summed E-state index contributed by atoms with van der Waals surface area (Å²) in [5.74, 6) is -0.522. The Balaban J connectivity index is 2.17. The van der Waals surface area contributed by atoms with Gasteiger partial charge in [-0.05, 0) is 45.7 Å². The number of fused-ring (bicyclic) bond motifs is 2. The van der Waals surface area contributed by atoms with E-state index in [9.17, 15) is 15.0 Å². The number of hydrogen-bond donors (Lipinski definition) is 2. The molecule has 0 aliphatic carbocycles. The Bertz CT molecular complexity index is 1220. The molecule has 0 unspecified atom stereocenters. The average Bonchev–Trinajstić information content (AvgIpc) is 2.73. The Kier molecular flexibility index (Phi) is 4.40. The number of carbonyl (C=O) groups is 1. The van der Waals surface area contributed by atoms with Crippen molar-refractivity contribution in [1.29, 1.82) is 0 Å². The molecule has 0 saturated heterocycles. The van der Waals surface area contributed by atoms with Crippen molar-refractivity contribution in [2.45, 2.75) is 13.3 Å². The number of hydrogen-bond acceptors (Lipinski definition) is 4. The number of carbonyl (C=O) groups excluding carboxylic acids is 1. The minimum absolute atomic E-state index is 0.0701. The van der Waals surface area contributed by atoms with Crippen LogP contribution in [0, 0.1) is 0 Å². The van der Waals surface area contributed by atoms with E-state index < -0.39 is 5.97 Å². The average molecular weight is 372 g/mol. The second-order valence-corrected chi connectivity index (χ2v) is 6.72. The molecule has 4 nitrogen and oxygen atoms in total. The van der Waals surface area contributed by atoms with E-state index in [1.54, 1.807) is 6.07 Å². The standard InChI is InChI=1S/C24H20O4/c1-3-14-8-10-17-18(12-14)19(24(27)28-2)13-21(26)23(17)22-16-7-5-4-6-15(16)9-11-20(22)25/h4-13,25-26H,3H2,1-2H3. The van der Waals surface area contributed by atoms with Gasteiger partial charge >= 0.3 is 5.97 Å². The second kappa shape index (κ2) is 6.89. The molecule has 0 radical (unpaired) electrons. The molecule has 0 aliphatic heterocycles. The molecule has 0 fully saturated rings. The van der Waals surface area contributed by atoms with Crippen LogP contribution in [0.4, 0.5) is 0 Å². The highest BCUT2D eigenvalue weighted by molar-refractivity contribution is 6.15. The Labute approximate surface area is 162 Å². The lowest BCUT2D eigenvalue weighted by Gasteiger charge is -2.16. The van der Waals surface area contributed by atoms with Gasteiger partial charge in [0.15, 0.2) is 0 Å². The number of aromatic hydroxyl groups is 2. The molecule has 0 saturated carbocycles. The highest BCUT2D eigenvalue weighted by atomic mass is 16.5. The summed E-state index contributed by atoms with van der Waals surface area (Å²) in [7, 11) is 1.32. The van der Waals surface area contributed by atoms with E-state index in [4.69, 9.17) is 4.74 Å². The van der Waals surface area contributed by atoms with Crippen molar-refractivity contribution in [2.75, 3.05) is 7.11 Å². The quantitative estimate of drug-likeness (QED) is 0.471. The molecule has 2 N–H and O–H groups in total. The molecule has 0 bridgehead atoms. The number of esters is 1. The molecule has 4 aromatic rings. The highest BCUT2D eigenvalue weighted by Gasteiger charge is 2.21. The van der Waals surface area contributed by atoms with E-state index >= 15 is 0 Å². The third-order valence-electron chi connectivity index (χ3n) is 5.15. The minimum atomic E-state index is -0.512. The molecule has 140 valence electrons. The molecule has 28 heavy (non-hydrogen) atoms. The molecule has 4 heteroatoms. The minimum Gasteiger partial charge on any atom is -0.507 e. The third kappa shape index (κ3) is 2.74. The van der Waals surface area contributed by atoms with Crippen molar-refractivity contribution in [3.05, 3.63) is 71.8 Å². The highest BCUT2D eigenvalue weighted by Crippen LogP contribution is 2.45. The summed E-state index contributed by atoms with van der Waals surface area (Å²) in [6.07, 6.45) is 0.812. The fourth-order valence-electron chi connectivity index (χ4n) is 3.74. The molecule has 0 atom stereocenters. The Morgan fingerprint density at radius 1 is 0.857 bits per heavy atom. The maximum absolute atomic E-state index is 12.3. The fraction of sp³-hybridized carbons (Fsp3) is 0.125. The van der Waals surface area contributed by atoms with E-state index in [0.29, 0.717) is 27.5 Å². The SMILES string of the molecule is CCc1ccc2c(-c3c(O)ccc4ccccc34)c(O)cc(C(=O)OC)c2c1. The maximum atomic E-state index is 12.3. The van der Waals surface area contributed by atoms with Gasteiger partial charge in [-0.1, -0.05) is 55.5 Å². The number of methoxy groups -OCH3 is 1. The first-order valence-electron chi connectivity index (χ1n) is 9.13. The second-order valence-electron chi connectivity index (χ2n) is 6.72. The Morgan fingerprint density at radius 3 is 2.36 bits per heavy atom. The van der Waals surface area contributed by atoms with Crippen molar-refractivity contribution in [2.24, 2.45) is 0 Å². The lowest BCUT2D eigenvalue weighted by molar-refractivity contribution is 0.0602. The van der Waals surface area contributed by atoms with Gasteiger partial charge in [-0.2, -0.15) is 0 Å². The van der Waals surface area contributed by atoms with Gasteiger partial charge < -0.3 is 14.9 Å². The summed E-state index contributed by atoms with van der Waals surface area (Å²) >= 11 is 0. The first-order chi connectivity index (χ1) is 13.5. The molecule has 0 aliphatic rings. The number of phenols is 2. The predicted octanol–water partition coefficient (Wildman–Crippen LogP) is 5.42. The van der Waals surface area contributed by atoms with Crippen LogP contribution in [0.25, 0.3) is 32.7 Å². The maximum Gasteiger partial charge on any atom is 0.338 e. The first kappa shape index (κ1) is 17.9. The van der Waals surface area contributed by atoms with Crippen LogP contribution in [0.2, 0.25) is 0 Å². The van der Waals surface area contributed by atoms with Crippen molar-refractivity contribution in [1.82, 2.24) is 0 Å². The van der Waals surface area contributed by atoms with Crippen LogP contribution >= 0.6 is 0 Å². The smallest absolute Gasteiger partial charge is 0.338 e. The number of ether oxygens (including phenoxy) is 1. The van der Waals surface area contributed by atoms with Gasteiger partial charge in [0.25, 0.3) is 0 Å². The Morgan fingerprint density at radius 2 is 1.61 bits per heavy atom. The van der Waals surface area contributed by atoms with E-state index in [1.807, 2.05) is 55.5 Å². The van der Waals surface area contributed by atoms with E-state index in [0.717, 1.165) is 22.8 Å². The third-order valence-corrected chi connectivity index (χ3v) is 5.15. The molecule has 4 rings (SSSR count). The molecule has 0 aromatic heterocycles. The monoisotopic (exact) mass is 372 g/mol. The van der Waals surface area contributed by atoms with Crippen molar-refractivity contribution >= 4 is 27.5 Å². The molecule has 4 aromatic carbocycles. The van der Waals surface area contributed by atoms with Gasteiger partial charge in [-0.15, -0.1) is 0 Å². The summed E-state index contributed by atoms with van der Waals surface area (Å²) in [4.78, 5) is 12.3. The summed E-state index contributed by atoms with van der Waals surface area (Å²) < 4.78 is 4.91. The lowest BCUT2D eigenvalue weighted by atomic mass is 9.89. The predicted molar refractivity (Wildman–Crippen MR) is 111 cm³/mol. The van der Waals surface area contributed by atoms with Crippen LogP contribution in [0.3, 0.4) is 0 Å². The first-order valence-corrected chi connectivity index (χ1v) is 9.13. The van der Waals surface area contributed by atoms with E-state index in [1.165, 1.54) is 13.2 Å². The van der Waals surface area contributed by atoms with Gasteiger partial charge in [0.05, 0.1) is 12.7 Å². The van der Waals surface area contributed by atoms with Crippen LogP contribution in [-0.4, -0.2) is 23.3 Å². The van der Waals surface area contributed by atoms with Crippen LogP contribution in [0.15, 0.2) is 60.7 Å². The van der Waals surface area contributed by atoms with Crippen LogP contribution < -0.4 is 0 Å². The summed E-state index contributed by atoms with van der Waals surface area (Å²) in [5, 5.41) is 24.7. The molecule has 0 heterocycles. The van der Waals surface area contributed by atoms with Gasteiger partial charge in [-0.25, -0.2) is 4.79 Å². The van der Waals surface area contributed by atoms with Gasteiger partial charge in [0.1, 0.15) is 11.5 Å². The van der Waals surface area contributed by atoms with E-state index in [2.05, 4.69) is 0 Å². The van der Waals surface area contributed by atoms with Crippen molar-refractivity contribution in [3.63, 3.8) is 0 Å². The zero-order chi connectivity index (χ0) is 19.8. The fourth-order valence-corrected chi connectivity index (χ4v) is 3.74. The number of benzene rings is 4. The van der Waals surface area contributed by atoms with Crippen LogP contribution in [-0.2, 0) is 11.2 Å². The molecule has 0 spiro atoms.